The van der Waals surface area contributed by atoms with Crippen molar-refractivity contribution in [2.45, 2.75) is 13.5 Å². The highest BCUT2D eigenvalue weighted by Gasteiger charge is 2.10. The van der Waals surface area contributed by atoms with Gasteiger partial charge in [0.15, 0.2) is 10.9 Å². The summed E-state index contributed by atoms with van der Waals surface area (Å²) in [5, 5.41) is 5.91. The average molecular weight is 336 g/mol. The number of hydrogen-bond acceptors (Lipinski definition) is 3. The van der Waals surface area contributed by atoms with Crippen LogP contribution >= 0.6 is 12.2 Å². The average Bonchev–Trinajstić information content (AvgIpc) is 2.49. The quantitative estimate of drug-likeness (QED) is 0.630. The Morgan fingerprint density at radius 3 is 2.35 bits per heavy atom. The van der Waals surface area contributed by atoms with Gasteiger partial charge in [0.2, 0.25) is 0 Å². The predicted octanol–water partition coefficient (Wildman–Crippen LogP) is 4.30. The molecule has 7 heteroatoms. The molecule has 0 radical (unpaired) electrons. The van der Waals surface area contributed by atoms with Gasteiger partial charge in [0.1, 0.15) is 5.75 Å². The summed E-state index contributed by atoms with van der Waals surface area (Å²) in [6.07, 6.45) is 0. The van der Waals surface area contributed by atoms with Crippen LogP contribution in [-0.2, 0) is 0 Å². The third kappa shape index (κ3) is 5.00. The molecule has 0 saturated carbocycles. The highest BCUT2D eigenvalue weighted by Crippen LogP contribution is 2.25. The molecule has 2 aromatic carbocycles. The number of anilines is 2. The molecule has 0 aromatic heterocycles. The SMILES string of the molecule is CC(=O)c1ccc(NC(=S)Nc2ccccc2OC(F)F)cc1. The molecule has 0 amide bonds. The Morgan fingerprint density at radius 1 is 1.09 bits per heavy atom. The molecule has 0 aliphatic heterocycles. The van der Waals surface area contributed by atoms with Gasteiger partial charge in [0.25, 0.3) is 0 Å². The summed E-state index contributed by atoms with van der Waals surface area (Å²) in [5.41, 5.74) is 1.58. The molecule has 4 nitrogen and oxygen atoms in total. The van der Waals surface area contributed by atoms with Crippen LogP contribution in [0.25, 0.3) is 0 Å². The first-order chi connectivity index (χ1) is 11.0. The van der Waals surface area contributed by atoms with Gasteiger partial charge in [0.05, 0.1) is 5.69 Å². The third-order valence-corrected chi connectivity index (χ3v) is 3.10. The van der Waals surface area contributed by atoms with Crippen LogP contribution < -0.4 is 15.4 Å². The van der Waals surface area contributed by atoms with Gasteiger partial charge >= 0.3 is 6.61 Å². The number of alkyl halides is 2. The lowest BCUT2D eigenvalue weighted by molar-refractivity contribution is -0.0493. The number of carbonyl (C=O) groups is 1. The molecule has 0 aliphatic carbocycles. The van der Waals surface area contributed by atoms with E-state index in [-0.39, 0.29) is 16.6 Å². The Hall–Kier alpha value is -2.54. The van der Waals surface area contributed by atoms with Gasteiger partial charge in [-0.15, -0.1) is 0 Å². The Labute approximate surface area is 137 Å². The Kier molecular flexibility index (Phi) is 5.59. The summed E-state index contributed by atoms with van der Waals surface area (Å²) < 4.78 is 29.1. The number of nitrogens with one attached hydrogen (secondary N) is 2. The van der Waals surface area contributed by atoms with Crippen molar-refractivity contribution >= 4 is 34.5 Å². The lowest BCUT2D eigenvalue weighted by Gasteiger charge is -2.14. The number of para-hydroxylation sites is 2. The minimum absolute atomic E-state index is 0.00132. The number of Topliss-reactive ketones (excluding diaryl/α,β-unsaturated/α-hetero) is 1. The maximum Gasteiger partial charge on any atom is 0.387 e. The predicted molar refractivity (Wildman–Crippen MR) is 89.4 cm³/mol. The van der Waals surface area contributed by atoms with E-state index in [1.807, 2.05) is 0 Å². The van der Waals surface area contributed by atoms with Crippen molar-refractivity contribution in [2.24, 2.45) is 0 Å². The maximum absolute atomic E-state index is 12.4. The zero-order valence-corrected chi connectivity index (χ0v) is 13.0. The molecule has 0 aliphatic rings. The van der Waals surface area contributed by atoms with E-state index in [0.717, 1.165) is 0 Å². The maximum atomic E-state index is 12.4. The van der Waals surface area contributed by atoms with Gasteiger partial charge in [-0.2, -0.15) is 8.78 Å². The molecular formula is C16H14F2N2O2S. The zero-order valence-electron chi connectivity index (χ0n) is 12.2. The topological polar surface area (TPSA) is 50.4 Å². The van der Waals surface area contributed by atoms with Crippen LogP contribution in [0.15, 0.2) is 48.5 Å². The van der Waals surface area contributed by atoms with Crippen molar-refractivity contribution in [2.75, 3.05) is 10.6 Å². The normalized spacial score (nSPS) is 10.3. The number of ether oxygens (including phenoxy) is 1. The number of carbonyl (C=O) groups excluding carboxylic acids is 1. The minimum Gasteiger partial charge on any atom is -0.433 e. The van der Waals surface area contributed by atoms with Crippen molar-refractivity contribution in [3.8, 4) is 5.75 Å². The zero-order chi connectivity index (χ0) is 16.8. The summed E-state index contributed by atoms with van der Waals surface area (Å²) in [6.45, 7) is -1.44. The van der Waals surface area contributed by atoms with E-state index in [2.05, 4.69) is 15.4 Å². The molecule has 0 unspecified atom stereocenters. The summed E-state index contributed by atoms with van der Waals surface area (Å²) in [5.74, 6) is -0.0334. The largest absolute Gasteiger partial charge is 0.433 e. The second-order valence-corrected chi connectivity index (χ2v) is 5.00. The number of benzene rings is 2. The van der Waals surface area contributed by atoms with Crippen molar-refractivity contribution in [3.63, 3.8) is 0 Å². The monoisotopic (exact) mass is 336 g/mol. The summed E-state index contributed by atoms with van der Waals surface area (Å²) in [4.78, 5) is 11.2. The number of halogens is 2. The van der Waals surface area contributed by atoms with Gasteiger partial charge in [-0.1, -0.05) is 12.1 Å². The smallest absolute Gasteiger partial charge is 0.387 e. The first-order valence-electron chi connectivity index (χ1n) is 6.68. The summed E-state index contributed by atoms with van der Waals surface area (Å²) >= 11 is 5.14. The van der Waals surface area contributed by atoms with E-state index in [1.54, 1.807) is 42.5 Å². The Morgan fingerprint density at radius 2 is 1.74 bits per heavy atom. The van der Waals surface area contributed by atoms with Crippen LogP contribution in [0, 0.1) is 0 Å². The van der Waals surface area contributed by atoms with E-state index in [0.29, 0.717) is 16.9 Å². The van der Waals surface area contributed by atoms with Crippen LogP contribution in [0.5, 0.6) is 5.75 Å². The van der Waals surface area contributed by atoms with Crippen LogP contribution in [0.2, 0.25) is 0 Å². The molecule has 120 valence electrons. The first-order valence-corrected chi connectivity index (χ1v) is 7.09. The second-order valence-electron chi connectivity index (χ2n) is 4.59. The third-order valence-electron chi connectivity index (χ3n) is 2.90. The molecule has 2 N–H and O–H groups in total. The standard InChI is InChI=1S/C16H14F2N2O2S/c1-10(21)11-6-8-12(9-7-11)19-16(23)20-13-4-2-3-5-14(13)22-15(17)18/h2-9,15H,1H3,(H2,19,20,23). The fourth-order valence-electron chi connectivity index (χ4n) is 1.84. The van der Waals surface area contributed by atoms with Crippen LogP contribution in [0.1, 0.15) is 17.3 Å². The number of thiocarbonyl (C=S) groups is 1. The van der Waals surface area contributed by atoms with Crippen molar-refractivity contribution in [3.05, 3.63) is 54.1 Å². The van der Waals surface area contributed by atoms with Gasteiger partial charge in [-0.25, -0.2) is 0 Å². The van der Waals surface area contributed by atoms with Crippen molar-refractivity contribution in [1.82, 2.24) is 0 Å². The number of rotatable bonds is 5. The van der Waals surface area contributed by atoms with E-state index in [1.165, 1.54) is 13.0 Å². The Balaban J connectivity index is 2.03. The molecule has 0 atom stereocenters. The molecule has 0 heterocycles. The summed E-state index contributed by atoms with van der Waals surface area (Å²) in [6, 6.07) is 13.0. The second kappa shape index (κ2) is 7.64. The summed E-state index contributed by atoms with van der Waals surface area (Å²) in [7, 11) is 0. The molecule has 2 rings (SSSR count). The highest BCUT2D eigenvalue weighted by atomic mass is 32.1. The molecule has 2 aromatic rings. The minimum atomic E-state index is -2.92. The highest BCUT2D eigenvalue weighted by molar-refractivity contribution is 7.80. The van der Waals surface area contributed by atoms with E-state index < -0.39 is 6.61 Å². The van der Waals surface area contributed by atoms with Crippen LogP contribution in [0.4, 0.5) is 20.2 Å². The van der Waals surface area contributed by atoms with Gasteiger partial charge in [0, 0.05) is 11.3 Å². The van der Waals surface area contributed by atoms with Crippen molar-refractivity contribution < 1.29 is 18.3 Å². The number of hydrogen-bond donors (Lipinski definition) is 2. The Bertz CT molecular complexity index is 705. The molecular weight excluding hydrogens is 322 g/mol. The number of ketones is 1. The fourth-order valence-corrected chi connectivity index (χ4v) is 2.07. The molecule has 23 heavy (non-hydrogen) atoms. The first kappa shape index (κ1) is 16.8. The lowest BCUT2D eigenvalue weighted by Crippen LogP contribution is -2.20. The molecule has 0 fully saturated rings. The van der Waals surface area contributed by atoms with Gasteiger partial charge in [-0.3, -0.25) is 4.79 Å². The molecule has 0 saturated heterocycles. The fraction of sp³-hybridized carbons (Fsp3) is 0.125. The molecule has 0 bridgehead atoms. The molecule has 0 spiro atoms. The lowest BCUT2D eigenvalue weighted by atomic mass is 10.1. The van der Waals surface area contributed by atoms with Gasteiger partial charge in [-0.05, 0) is 55.5 Å². The van der Waals surface area contributed by atoms with E-state index in [9.17, 15) is 13.6 Å². The van der Waals surface area contributed by atoms with Crippen LogP contribution in [-0.4, -0.2) is 17.5 Å². The van der Waals surface area contributed by atoms with Gasteiger partial charge < -0.3 is 15.4 Å². The van der Waals surface area contributed by atoms with Crippen molar-refractivity contribution in [1.29, 1.82) is 0 Å². The van der Waals surface area contributed by atoms with E-state index in [4.69, 9.17) is 12.2 Å². The van der Waals surface area contributed by atoms with Crippen LogP contribution in [0.3, 0.4) is 0 Å². The van der Waals surface area contributed by atoms with E-state index >= 15 is 0 Å².